The van der Waals surface area contributed by atoms with E-state index in [9.17, 15) is 2.74 Å². The van der Waals surface area contributed by atoms with Crippen LogP contribution in [0.2, 0.25) is 0 Å². The molecule has 0 spiro atoms. The summed E-state index contributed by atoms with van der Waals surface area (Å²) in [7, 11) is 0. The minimum atomic E-state index is -0.434. The molecule has 0 unspecified atom stereocenters. The van der Waals surface area contributed by atoms with Crippen LogP contribution in [0.4, 0.5) is 17.1 Å². The number of benzene rings is 9. The highest BCUT2D eigenvalue weighted by molar-refractivity contribution is 7.25. The second kappa shape index (κ2) is 14.1. The van der Waals surface area contributed by atoms with Crippen LogP contribution in [0.25, 0.3) is 75.8 Å². The summed E-state index contributed by atoms with van der Waals surface area (Å²) in [6, 6.07) is 61.7. The highest BCUT2D eigenvalue weighted by atomic mass is 32.1. The molecule has 0 amide bonds. The van der Waals surface area contributed by atoms with E-state index in [0.717, 1.165) is 44.5 Å². The molecule has 0 bridgehead atoms. The number of hydrogen-bond donors (Lipinski definition) is 0. The number of hydrogen-bond acceptors (Lipinski definition) is 2. The van der Waals surface area contributed by atoms with Crippen LogP contribution in [0.5, 0.6) is 0 Å². The van der Waals surface area contributed by atoms with Gasteiger partial charge in [-0.05, 0) is 110 Å². The molecule has 1 nitrogen and oxygen atoms in total. The highest BCUT2D eigenvalue weighted by Gasteiger charge is 2.35. The Kier molecular flexibility index (Phi) is 7.21. The van der Waals surface area contributed by atoms with E-state index in [1.54, 1.807) is 11.3 Å². The van der Waals surface area contributed by atoms with Crippen LogP contribution in [0.3, 0.4) is 0 Å². The van der Waals surface area contributed by atoms with Gasteiger partial charge < -0.3 is 4.90 Å². The molecule has 0 atom stereocenters. The molecule has 0 aliphatic heterocycles. The molecule has 10 aromatic rings. The van der Waals surface area contributed by atoms with Crippen LogP contribution < -0.4 is 4.90 Å². The summed E-state index contributed by atoms with van der Waals surface area (Å²) < 4.78 is 47.6. The second-order valence-corrected chi connectivity index (χ2v) is 16.8. The van der Waals surface area contributed by atoms with Gasteiger partial charge in [0.05, 0.1) is 12.5 Å². The van der Waals surface area contributed by atoms with Crippen molar-refractivity contribution in [3.8, 4) is 55.6 Å². The Morgan fingerprint density at radius 2 is 1.05 bits per heavy atom. The Balaban J connectivity index is 1.17. The maximum Gasteiger partial charge on any atom is 0.0645 e. The topological polar surface area (TPSA) is 3.24 Å². The number of anilines is 3. The third kappa shape index (κ3) is 5.99. The Morgan fingerprint density at radius 3 is 1.92 bits per heavy atom. The summed E-state index contributed by atoms with van der Waals surface area (Å²) in [6.45, 7) is 4.56. The van der Waals surface area contributed by atoms with Gasteiger partial charge in [0.2, 0.25) is 0 Å². The average Bonchev–Trinajstić information content (AvgIpc) is 3.82. The first kappa shape index (κ1) is 30.1. The smallest absolute Gasteiger partial charge is 0.0645 e. The molecule has 1 aromatic heterocycles. The SMILES string of the molecule is [2H]c1c([2H])c([2H])c(N(c2cccc(-c3ccc4c(c3)sc3ccccc34)c2)c2cccc(-c3ccc4c(c3)-c3ccccc3C4(C)C)c2-c2ccc(-c3ccccc3)cc2)c([2H])c1[2H]. The van der Waals surface area contributed by atoms with Gasteiger partial charge in [0.25, 0.3) is 0 Å². The summed E-state index contributed by atoms with van der Waals surface area (Å²) in [4.78, 5) is 1.87. The van der Waals surface area contributed by atoms with E-state index in [1.165, 1.54) is 42.4 Å². The van der Waals surface area contributed by atoms with Crippen molar-refractivity contribution in [1.29, 1.82) is 0 Å². The van der Waals surface area contributed by atoms with Crippen molar-refractivity contribution in [3.63, 3.8) is 0 Å². The lowest BCUT2D eigenvalue weighted by molar-refractivity contribution is 0.660. The second-order valence-electron chi connectivity index (χ2n) is 15.7. The van der Waals surface area contributed by atoms with Crippen LogP contribution in [-0.2, 0) is 5.41 Å². The van der Waals surface area contributed by atoms with Crippen LogP contribution in [0, 0.1) is 0 Å². The molecule has 0 saturated heterocycles. The predicted octanol–water partition coefficient (Wildman–Crippen LogP) is 16.5. The van der Waals surface area contributed by atoms with Gasteiger partial charge >= 0.3 is 0 Å². The quantitative estimate of drug-likeness (QED) is 0.156. The molecular weight excluding hydrogens is 731 g/mol. The molecule has 1 aliphatic carbocycles. The van der Waals surface area contributed by atoms with Crippen molar-refractivity contribution < 1.29 is 6.85 Å². The van der Waals surface area contributed by atoms with E-state index in [4.69, 9.17) is 4.11 Å². The summed E-state index contributed by atoms with van der Waals surface area (Å²) in [5.41, 5.74) is 14.2. The fraction of sp³-hybridized carbons (Fsp3) is 0.0526. The molecule has 11 rings (SSSR count). The fourth-order valence-electron chi connectivity index (χ4n) is 9.09. The first-order valence-corrected chi connectivity index (χ1v) is 20.8. The molecule has 0 radical (unpaired) electrons. The van der Waals surface area contributed by atoms with E-state index >= 15 is 0 Å². The molecular formula is C57H41NS. The lowest BCUT2D eigenvalue weighted by atomic mass is 9.82. The van der Waals surface area contributed by atoms with Crippen LogP contribution in [0.1, 0.15) is 31.8 Å². The molecule has 2 heteroatoms. The van der Waals surface area contributed by atoms with Gasteiger partial charge in [0, 0.05) is 42.5 Å². The first-order chi connectivity index (χ1) is 31.1. The molecule has 1 heterocycles. The van der Waals surface area contributed by atoms with Gasteiger partial charge in [-0.2, -0.15) is 0 Å². The molecule has 1 aliphatic rings. The largest absolute Gasteiger partial charge is 0.310 e. The van der Waals surface area contributed by atoms with Crippen molar-refractivity contribution in [3.05, 3.63) is 223 Å². The minimum Gasteiger partial charge on any atom is -0.310 e. The van der Waals surface area contributed by atoms with Crippen LogP contribution in [0.15, 0.2) is 212 Å². The zero-order valence-corrected chi connectivity index (χ0v) is 33.5. The third-order valence-corrected chi connectivity index (χ3v) is 13.1. The van der Waals surface area contributed by atoms with Crippen molar-refractivity contribution in [2.45, 2.75) is 19.3 Å². The van der Waals surface area contributed by atoms with Gasteiger partial charge in [-0.25, -0.2) is 0 Å². The predicted molar refractivity (Wildman–Crippen MR) is 253 cm³/mol. The van der Waals surface area contributed by atoms with E-state index in [1.807, 2.05) is 47.4 Å². The summed E-state index contributed by atoms with van der Waals surface area (Å²) in [5, 5.41) is 2.44. The molecule has 0 N–H and O–H groups in total. The third-order valence-electron chi connectivity index (χ3n) is 12.0. The maximum atomic E-state index is 9.42. The number of para-hydroxylation sites is 1. The Bertz CT molecular complexity index is 3450. The lowest BCUT2D eigenvalue weighted by Gasteiger charge is -2.30. The first-order valence-electron chi connectivity index (χ1n) is 22.5. The Hall–Kier alpha value is -7.00. The zero-order chi connectivity index (χ0) is 43.9. The molecule has 0 fully saturated rings. The van der Waals surface area contributed by atoms with Gasteiger partial charge in [0.15, 0.2) is 0 Å². The number of rotatable bonds is 7. The summed E-state index contributed by atoms with van der Waals surface area (Å²) >= 11 is 1.77. The average molecular weight is 777 g/mol. The lowest BCUT2D eigenvalue weighted by Crippen LogP contribution is -2.14. The minimum absolute atomic E-state index is 0.0760. The Labute approximate surface area is 357 Å². The monoisotopic (exact) mass is 776 g/mol. The molecule has 0 saturated carbocycles. The van der Waals surface area contributed by atoms with Crippen molar-refractivity contribution in [2.24, 2.45) is 0 Å². The normalized spacial score (nSPS) is 13.9. The molecule has 59 heavy (non-hydrogen) atoms. The number of nitrogens with zero attached hydrogens (tertiary/aromatic N) is 1. The van der Waals surface area contributed by atoms with Gasteiger partial charge in [-0.3, -0.25) is 0 Å². The molecule has 280 valence electrons. The highest BCUT2D eigenvalue weighted by Crippen LogP contribution is 2.52. The van der Waals surface area contributed by atoms with Gasteiger partial charge in [0.1, 0.15) is 0 Å². The summed E-state index contributed by atoms with van der Waals surface area (Å²) in [6.07, 6.45) is 0. The zero-order valence-electron chi connectivity index (χ0n) is 37.7. The fourth-order valence-corrected chi connectivity index (χ4v) is 10.2. The van der Waals surface area contributed by atoms with E-state index < -0.39 is 18.1 Å². The summed E-state index contributed by atoms with van der Waals surface area (Å²) in [5.74, 6) is 0. The maximum absolute atomic E-state index is 9.42. The van der Waals surface area contributed by atoms with Crippen LogP contribution >= 0.6 is 11.3 Å². The van der Waals surface area contributed by atoms with Crippen molar-refractivity contribution >= 4 is 48.6 Å². The van der Waals surface area contributed by atoms with Crippen molar-refractivity contribution in [2.75, 3.05) is 4.90 Å². The van der Waals surface area contributed by atoms with Crippen molar-refractivity contribution in [1.82, 2.24) is 0 Å². The van der Waals surface area contributed by atoms with Gasteiger partial charge in [-0.15, -0.1) is 11.3 Å². The van der Waals surface area contributed by atoms with E-state index in [2.05, 4.69) is 153 Å². The van der Waals surface area contributed by atoms with E-state index in [-0.39, 0.29) is 23.2 Å². The Morgan fingerprint density at radius 1 is 0.424 bits per heavy atom. The standard InChI is InChI=1S/C57H41NS/c1-57(2)51-24-11-9-21-47(51)50-36-43(32-34-52(50)57)46-23-14-25-53(56(46)40-29-27-39(28-30-40)38-15-5-3-6-16-38)58(44-18-7-4-8-19-44)45-20-13-17-41(35-45)42-31-33-49-48-22-10-12-26-54(48)59-55(49)37-42/h3-37H,1-2H3/i4D,7D,8D,18D,19D. The number of thiophene rings is 1. The van der Waals surface area contributed by atoms with E-state index in [0.29, 0.717) is 11.4 Å². The molecule has 9 aromatic carbocycles. The van der Waals surface area contributed by atoms with Crippen LogP contribution in [-0.4, -0.2) is 0 Å². The van der Waals surface area contributed by atoms with Gasteiger partial charge in [-0.1, -0.05) is 178 Å². The number of fused-ring (bicyclic) bond motifs is 6.